The Hall–Kier alpha value is -1.32. The van der Waals surface area contributed by atoms with Crippen LogP contribution in [0.15, 0.2) is 17.1 Å². The normalized spacial score (nSPS) is 31.8. The molecule has 0 saturated heterocycles. The van der Waals surface area contributed by atoms with Crippen LogP contribution in [-0.4, -0.2) is 12.8 Å². The molecule has 126 valence electrons. The van der Waals surface area contributed by atoms with Crippen LogP contribution in [0.1, 0.15) is 62.8 Å². The highest BCUT2D eigenvalue weighted by Gasteiger charge is 2.31. The lowest BCUT2D eigenvalue weighted by atomic mass is 9.69. The molecule has 3 rings (SSSR count). The van der Waals surface area contributed by atoms with Gasteiger partial charge < -0.3 is 0 Å². The lowest BCUT2D eigenvalue weighted by Gasteiger charge is -2.37. The summed E-state index contributed by atoms with van der Waals surface area (Å²) in [6.07, 6.45) is 8.80. The minimum Gasteiger partial charge on any atom is -0.298 e. The SMILES string of the molecule is C=NC1CCC(C2CCC(c3cc(F)c(F)c(F)c3)CC2)CC1. The van der Waals surface area contributed by atoms with Gasteiger partial charge in [0.2, 0.25) is 0 Å². The van der Waals surface area contributed by atoms with E-state index < -0.39 is 17.5 Å². The number of nitrogens with zero attached hydrogens (tertiary/aromatic N) is 1. The van der Waals surface area contributed by atoms with E-state index in [2.05, 4.69) is 11.7 Å². The van der Waals surface area contributed by atoms with Gasteiger partial charge in [-0.2, -0.15) is 0 Å². The minimum absolute atomic E-state index is 0.155. The number of halogens is 3. The molecule has 0 spiro atoms. The first-order valence-electron chi connectivity index (χ1n) is 8.68. The fraction of sp³-hybridized carbons (Fsp3) is 0.632. The summed E-state index contributed by atoms with van der Waals surface area (Å²) in [7, 11) is 0. The van der Waals surface area contributed by atoms with E-state index in [1.54, 1.807) is 0 Å². The van der Waals surface area contributed by atoms with Crippen LogP contribution >= 0.6 is 0 Å². The van der Waals surface area contributed by atoms with Crippen molar-refractivity contribution in [2.45, 2.75) is 63.3 Å². The number of benzene rings is 1. The molecule has 0 atom stereocenters. The van der Waals surface area contributed by atoms with E-state index in [9.17, 15) is 13.2 Å². The molecule has 0 amide bonds. The van der Waals surface area contributed by atoms with Crippen molar-refractivity contribution in [1.82, 2.24) is 0 Å². The fourth-order valence-electron chi connectivity index (χ4n) is 4.49. The number of hydrogen-bond donors (Lipinski definition) is 0. The Morgan fingerprint density at radius 3 is 1.74 bits per heavy atom. The molecule has 2 fully saturated rings. The maximum atomic E-state index is 13.4. The molecule has 0 radical (unpaired) electrons. The second-order valence-corrected chi connectivity index (χ2v) is 7.16. The third-order valence-corrected chi connectivity index (χ3v) is 5.92. The number of hydrogen-bond acceptors (Lipinski definition) is 1. The van der Waals surface area contributed by atoms with Crippen LogP contribution in [0.3, 0.4) is 0 Å². The Labute approximate surface area is 136 Å². The molecule has 1 aromatic carbocycles. The van der Waals surface area contributed by atoms with Crippen molar-refractivity contribution in [2.24, 2.45) is 16.8 Å². The molecule has 23 heavy (non-hydrogen) atoms. The summed E-state index contributed by atoms with van der Waals surface area (Å²) in [5, 5.41) is 0. The molecule has 2 aliphatic rings. The van der Waals surface area contributed by atoms with Crippen LogP contribution in [0.25, 0.3) is 0 Å². The standard InChI is InChI=1S/C19H24F3N/c1-23-16-8-6-13(7-9-16)12-2-4-14(5-3-12)15-10-17(20)19(22)18(21)11-15/h10-14,16H,1-9H2. The number of aliphatic imine (C=N–C) groups is 1. The molecule has 0 heterocycles. The fourth-order valence-corrected chi connectivity index (χ4v) is 4.49. The molecule has 0 aromatic heterocycles. The molecular weight excluding hydrogens is 299 g/mol. The lowest BCUT2D eigenvalue weighted by Crippen LogP contribution is -2.26. The average molecular weight is 323 g/mol. The van der Waals surface area contributed by atoms with Crippen molar-refractivity contribution in [1.29, 1.82) is 0 Å². The summed E-state index contributed by atoms with van der Waals surface area (Å²) in [6, 6.07) is 2.78. The van der Waals surface area contributed by atoms with Crippen molar-refractivity contribution in [3.63, 3.8) is 0 Å². The van der Waals surface area contributed by atoms with E-state index in [0.29, 0.717) is 17.5 Å². The van der Waals surface area contributed by atoms with Crippen molar-refractivity contribution >= 4 is 6.72 Å². The van der Waals surface area contributed by atoms with Crippen LogP contribution in [-0.2, 0) is 0 Å². The van der Waals surface area contributed by atoms with Gasteiger partial charge in [0, 0.05) is 6.04 Å². The third kappa shape index (κ3) is 3.61. The summed E-state index contributed by atoms with van der Waals surface area (Å²) < 4.78 is 39.9. The topological polar surface area (TPSA) is 12.4 Å². The molecule has 0 bridgehead atoms. The Kier molecular flexibility index (Phi) is 5.08. The van der Waals surface area contributed by atoms with Crippen molar-refractivity contribution < 1.29 is 13.2 Å². The smallest absolute Gasteiger partial charge is 0.194 e. The van der Waals surface area contributed by atoms with Gasteiger partial charge in [0.15, 0.2) is 17.5 Å². The van der Waals surface area contributed by atoms with Gasteiger partial charge in [-0.3, -0.25) is 4.99 Å². The quantitative estimate of drug-likeness (QED) is 0.504. The van der Waals surface area contributed by atoms with Gasteiger partial charge in [0.05, 0.1) is 0 Å². The summed E-state index contributed by atoms with van der Waals surface area (Å²) in [5.41, 5.74) is 0.611. The van der Waals surface area contributed by atoms with Crippen LogP contribution in [0, 0.1) is 29.3 Å². The van der Waals surface area contributed by atoms with Crippen molar-refractivity contribution in [3.8, 4) is 0 Å². The van der Waals surface area contributed by atoms with Gasteiger partial charge >= 0.3 is 0 Å². The van der Waals surface area contributed by atoms with Gasteiger partial charge in [0.1, 0.15) is 0 Å². The van der Waals surface area contributed by atoms with Crippen LogP contribution in [0.4, 0.5) is 13.2 Å². The van der Waals surface area contributed by atoms with E-state index >= 15 is 0 Å². The van der Waals surface area contributed by atoms with E-state index in [0.717, 1.165) is 44.4 Å². The van der Waals surface area contributed by atoms with Crippen LogP contribution in [0.2, 0.25) is 0 Å². The van der Waals surface area contributed by atoms with Gasteiger partial charge in [-0.1, -0.05) is 0 Å². The zero-order valence-electron chi connectivity index (χ0n) is 13.4. The van der Waals surface area contributed by atoms with Crippen LogP contribution in [0.5, 0.6) is 0 Å². The predicted octanol–water partition coefficient (Wildman–Crippen LogP) is 5.64. The summed E-state index contributed by atoms with van der Waals surface area (Å²) >= 11 is 0. The van der Waals surface area contributed by atoms with Gasteiger partial charge in [-0.15, -0.1) is 0 Å². The zero-order valence-corrected chi connectivity index (χ0v) is 13.4. The Morgan fingerprint density at radius 2 is 1.26 bits per heavy atom. The lowest BCUT2D eigenvalue weighted by molar-refractivity contribution is 0.178. The molecule has 2 saturated carbocycles. The minimum atomic E-state index is -1.37. The second kappa shape index (κ2) is 7.06. The first-order valence-corrected chi connectivity index (χ1v) is 8.68. The molecule has 0 aliphatic heterocycles. The van der Waals surface area contributed by atoms with E-state index in [4.69, 9.17) is 0 Å². The maximum absolute atomic E-state index is 13.4. The predicted molar refractivity (Wildman–Crippen MR) is 86.3 cm³/mol. The van der Waals surface area contributed by atoms with E-state index in [1.165, 1.54) is 25.0 Å². The summed E-state index contributed by atoms with van der Waals surface area (Å²) in [5.74, 6) is -1.88. The third-order valence-electron chi connectivity index (χ3n) is 5.92. The molecule has 4 heteroatoms. The molecular formula is C19H24F3N. The van der Waals surface area contributed by atoms with E-state index in [-0.39, 0.29) is 5.92 Å². The Bertz CT molecular complexity index is 533. The molecule has 2 aliphatic carbocycles. The molecule has 0 unspecified atom stereocenters. The first-order chi connectivity index (χ1) is 11.1. The largest absolute Gasteiger partial charge is 0.298 e. The van der Waals surface area contributed by atoms with Gasteiger partial charge in [-0.05, 0) is 93.5 Å². The highest BCUT2D eigenvalue weighted by molar-refractivity contribution is 5.24. The zero-order chi connectivity index (χ0) is 16.4. The highest BCUT2D eigenvalue weighted by Crippen LogP contribution is 2.43. The first kappa shape index (κ1) is 16.5. The highest BCUT2D eigenvalue weighted by atomic mass is 19.2. The maximum Gasteiger partial charge on any atom is 0.194 e. The molecule has 1 nitrogen and oxygen atoms in total. The Morgan fingerprint density at radius 1 is 0.783 bits per heavy atom. The van der Waals surface area contributed by atoms with E-state index in [1.807, 2.05) is 0 Å². The summed E-state index contributed by atoms with van der Waals surface area (Å²) in [4.78, 5) is 4.15. The molecule has 1 aromatic rings. The Balaban J connectivity index is 1.57. The second-order valence-electron chi connectivity index (χ2n) is 7.16. The summed E-state index contributed by atoms with van der Waals surface area (Å²) in [6.45, 7) is 3.65. The number of rotatable bonds is 3. The molecule has 0 N–H and O–H groups in total. The van der Waals surface area contributed by atoms with Gasteiger partial charge in [-0.25, -0.2) is 13.2 Å². The van der Waals surface area contributed by atoms with Crippen molar-refractivity contribution in [2.75, 3.05) is 0 Å². The van der Waals surface area contributed by atoms with Gasteiger partial charge in [0.25, 0.3) is 0 Å². The van der Waals surface area contributed by atoms with Crippen LogP contribution < -0.4 is 0 Å². The van der Waals surface area contributed by atoms with Crippen molar-refractivity contribution in [3.05, 3.63) is 35.1 Å². The monoisotopic (exact) mass is 323 g/mol. The average Bonchev–Trinajstić information content (AvgIpc) is 2.59.